The number of rotatable bonds is 6. The number of para-hydroxylation sites is 1. The predicted molar refractivity (Wildman–Crippen MR) is 240 cm³/mol. The fourth-order valence-corrected chi connectivity index (χ4v) is 8.49. The van der Waals surface area contributed by atoms with E-state index in [2.05, 4.69) is 189 Å². The molecule has 0 spiro atoms. The summed E-state index contributed by atoms with van der Waals surface area (Å²) in [5.41, 5.74) is 10.5. The molecule has 0 atom stereocenters. The summed E-state index contributed by atoms with van der Waals surface area (Å²) in [5, 5.41) is 4.39. The molecular weight excluding hydrogens is 713 g/mol. The van der Waals surface area contributed by atoms with Gasteiger partial charge < -0.3 is 19.0 Å². The van der Waals surface area contributed by atoms with Crippen molar-refractivity contribution in [1.29, 1.82) is 0 Å². The van der Waals surface area contributed by atoms with Gasteiger partial charge in [0.25, 0.3) is 0 Å². The molecule has 0 N–H and O–H groups in total. The lowest BCUT2D eigenvalue weighted by atomic mass is 9.88. The minimum Gasteiger partial charge on any atom is -0.457 e. The van der Waals surface area contributed by atoms with Gasteiger partial charge in [0, 0.05) is 62.2 Å². The lowest BCUT2D eigenvalue weighted by Crippen LogP contribution is -2.41. The van der Waals surface area contributed by atoms with Gasteiger partial charge in [-0.25, -0.2) is 4.98 Å². The highest BCUT2D eigenvalue weighted by Gasteiger charge is 2.37. The maximum Gasteiger partial charge on any atom is 0.160 e. The number of nitrogens with zero attached hydrogens (tertiary/aromatic N) is 4. The summed E-state index contributed by atoms with van der Waals surface area (Å²) in [6.07, 6.45) is 1.92. The molecule has 0 unspecified atom stereocenters. The van der Waals surface area contributed by atoms with Gasteiger partial charge in [0.1, 0.15) is 22.9 Å². The highest BCUT2D eigenvalue weighted by molar-refractivity contribution is 6.21. The van der Waals surface area contributed by atoms with Crippen LogP contribution in [-0.4, -0.2) is 26.7 Å². The Morgan fingerprint density at radius 1 is 0.586 bits per heavy atom. The van der Waals surface area contributed by atoms with Crippen molar-refractivity contribution >= 4 is 60.8 Å². The number of pyridine rings is 1. The smallest absolute Gasteiger partial charge is 0.160 e. The van der Waals surface area contributed by atoms with Crippen molar-refractivity contribution in [3.05, 3.63) is 175 Å². The van der Waals surface area contributed by atoms with Crippen molar-refractivity contribution in [2.75, 3.05) is 11.6 Å². The highest BCUT2D eigenvalue weighted by atomic mass is 16.5. The highest BCUT2D eigenvalue weighted by Crippen LogP contribution is 2.45. The van der Waals surface area contributed by atoms with Crippen LogP contribution in [0.1, 0.15) is 58.2 Å². The molecule has 0 saturated carbocycles. The fourth-order valence-electron chi connectivity index (χ4n) is 8.49. The van der Waals surface area contributed by atoms with Gasteiger partial charge in [-0.15, -0.1) is 0 Å². The summed E-state index contributed by atoms with van der Waals surface area (Å²) in [7, 11) is 0. The van der Waals surface area contributed by atoms with Crippen LogP contribution >= 0.6 is 0 Å². The quantitative estimate of drug-likeness (QED) is 0.169. The van der Waals surface area contributed by atoms with Crippen LogP contribution in [0.15, 0.2) is 162 Å². The Morgan fingerprint density at radius 2 is 1.26 bits per heavy atom. The lowest BCUT2D eigenvalue weighted by molar-refractivity contribution is 0.237. The summed E-state index contributed by atoms with van der Waals surface area (Å²) in [6, 6.07) is 53.3. The number of anilines is 1. The monoisotopic (exact) mass is 758 g/mol. The Bertz CT molecular complexity index is 3030. The molecule has 4 heterocycles. The molecule has 286 valence electrons. The van der Waals surface area contributed by atoms with E-state index < -0.39 is 0 Å². The fraction of sp³-hybridized carbons (Fsp3) is 0.173. The van der Waals surface area contributed by atoms with E-state index in [-0.39, 0.29) is 11.0 Å². The number of hydrogen-bond acceptors (Lipinski definition) is 5. The van der Waals surface area contributed by atoms with E-state index in [4.69, 9.17) is 14.1 Å². The van der Waals surface area contributed by atoms with Crippen LogP contribution in [0.4, 0.5) is 5.69 Å². The molecule has 0 aliphatic carbocycles. The normalized spacial score (nSPS) is 13.8. The SMILES string of the molecule is CC(C)(C)c1ccnc(-n2c3cc(Oc4cccc(N5CN(C(C)(C)C)C(c6ccccc6)=C5c5ccccc5)c4)ccc3c3ccc4c5ccccc5oc4c32)c1. The third-order valence-corrected chi connectivity index (χ3v) is 11.4. The van der Waals surface area contributed by atoms with Crippen LogP contribution in [-0.2, 0) is 5.41 Å². The van der Waals surface area contributed by atoms with E-state index in [0.29, 0.717) is 6.67 Å². The van der Waals surface area contributed by atoms with Gasteiger partial charge in [0.2, 0.25) is 0 Å². The van der Waals surface area contributed by atoms with E-state index in [1.54, 1.807) is 0 Å². The molecule has 9 aromatic rings. The first-order valence-corrected chi connectivity index (χ1v) is 20.1. The minimum absolute atomic E-state index is 0.0545. The van der Waals surface area contributed by atoms with E-state index in [1.807, 2.05) is 24.4 Å². The molecule has 6 aromatic carbocycles. The van der Waals surface area contributed by atoms with E-state index in [9.17, 15) is 0 Å². The number of hydrogen-bond donors (Lipinski definition) is 0. The predicted octanol–water partition coefficient (Wildman–Crippen LogP) is 13.6. The Hall–Kier alpha value is -6.79. The van der Waals surface area contributed by atoms with E-state index in [0.717, 1.165) is 66.7 Å². The van der Waals surface area contributed by atoms with Crippen molar-refractivity contribution in [3.8, 4) is 17.3 Å². The first-order valence-electron chi connectivity index (χ1n) is 20.1. The largest absolute Gasteiger partial charge is 0.457 e. The molecule has 0 fully saturated rings. The molecule has 1 aliphatic rings. The van der Waals surface area contributed by atoms with Gasteiger partial charge in [-0.05, 0) is 80.3 Å². The molecule has 3 aromatic heterocycles. The Kier molecular flexibility index (Phi) is 8.24. The van der Waals surface area contributed by atoms with Gasteiger partial charge in [0.15, 0.2) is 5.58 Å². The molecular formula is C52H46N4O2. The van der Waals surface area contributed by atoms with Crippen molar-refractivity contribution in [1.82, 2.24) is 14.5 Å². The topological polar surface area (TPSA) is 46.7 Å². The molecule has 1 aliphatic heterocycles. The molecule has 58 heavy (non-hydrogen) atoms. The summed E-state index contributed by atoms with van der Waals surface area (Å²) >= 11 is 0. The first kappa shape index (κ1) is 35.6. The van der Waals surface area contributed by atoms with Crippen molar-refractivity contribution in [2.24, 2.45) is 0 Å². The van der Waals surface area contributed by atoms with Crippen LogP contribution in [0.5, 0.6) is 11.5 Å². The average molecular weight is 759 g/mol. The molecule has 6 nitrogen and oxygen atoms in total. The number of aromatic nitrogens is 2. The molecule has 0 amide bonds. The van der Waals surface area contributed by atoms with Crippen LogP contribution < -0.4 is 9.64 Å². The van der Waals surface area contributed by atoms with Crippen molar-refractivity contribution < 1.29 is 9.15 Å². The molecule has 0 radical (unpaired) electrons. The Morgan fingerprint density at radius 3 is 2.00 bits per heavy atom. The van der Waals surface area contributed by atoms with Gasteiger partial charge in [-0.3, -0.25) is 4.57 Å². The third-order valence-electron chi connectivity index (χ3n) is 11.4. The van der Waals surface area contributed by atoms with Crippen LogP contribution in [0.2, 0.25) is 0 Å². The zero-order valence-electron chi connectivity index (χ0n) is 33.8. The standard InChI is InChI=1S/C52H46N4O2/c1-51(2,3)36-28-29-53-46(30-36)56-44-32-39(24-25-40(44)42-26-27-43-41-22-13-14-23-45(41)58-50(43)49(42)56)57-38-21-15-20-37(31-38)54-33-55(52(4,5)6)48(35-18-11-8-12-19-35)47(54)34-16-9-7-10-17-34/h7-32H,33H2,1-6H3. The van der Waals surface area contributed by atoms with Gasteiger partial charge in [0.05, 0.1) is 29.1 Å². The van der Waals surface area contributed by atoms with Crippen LogP contribution in [0, 0.1) is 0 Å². The first-order chi connectivity index (χ1) is 28.0. The second kappa shape index (κ2) is 13.4. The van der Waals surface area contributed by atoms with Gasteiger partial charge >= 0.3 is 0 Å². The summed E-state index contributed by atoms with van der Waals surface area (Å²) < 4.78 is 15.7. The summed E-state index contributed by atoms with van der Waals surface area (Å²) in [6.45, 7) is 14.3. The molecule has 6 heteroatoms. The number of fused-ring (bicyclic) bond motifs is 7. The second-order valence-electron chi connectivity index (χ2n) is 17.3. The maximum absolute atomic E-state index is 6.82. The van der Waals surface area contributed by atoms with Crippen LogP contribution in [0.25, 0.3) is 61.0 Å². The molecule has 0 bridgehead atoms. The van der Waals surface area contributed by atoms with Crippen molar-refractivity contribution in [2.45, 2.75) is 52.5 Å². The zero-order chi connectivity index (χ0) is 39.8. The number of benzene rings is 6. The summed E-state index contributed by atoms with van der Waals surface area (Å²) in [4.78, 5) is 9.90. The Balaban J connectivity index is 1.11. The van der Waals surface area contributed by atoms with Gasteiger partial charge in [-0.1, -0.05) is 112 Å². The number of ether oxygens (including phenoxy) is 1. The zero-order valence-corrected chi connectivity index (χ0v) is 33.8. The van der Waals surface area contributed by atoms with Crippen molar-refractivity contribution in [3.63, 3.8) is 0 Å². The van der Waals surface area contributed by atoms with Crippen LogP contribution in [0.3, 0.4) is 0 Å². The lowest BCUT2D eigenvalue weighted by Gasteiger charge is -2.36. The maximum atomic E-state index is 6.82. The van der Waals surface area contributed by atoms with E-state index in [1.165, 1.54) is 28.1 Å². The average Bonchev–Trinajstić information content (AvgIpc) is 3.92. The Labute approximate surface area is 339 Å². The molecule has 0 saturated heterocycles. The van der Waals surface area contributed by atoms with E-state index >= 15 is 0 Å². The van der Waals surface area contributed by atoms with Gasteiger partial charge in [-0.2, -0.15) is 0 Å². The molecule has 10 rings (SSSR count). The minimum atomic E-state index is -0.128. The second-order valence-corrected chi connectivity index (χ2v) is 17.3. The number of furan rings is 1. The third kappa shape index (κ3) is 5.99. The summed E-state index contributed by atoms with van der Waals surface area (Å²) in [5.74, 6) is 2.34.